The second-order valence-electron chi connectivity index (χ2n) is 6.49. The summed E-state index contributed by atoms with van der Waals surface area (Å²) in [6, 6.07) is 4.16. The van der Waals surface area contributed by atoms with Crippen molar-refractivity contribution in [1.29, 1.82) is 0 Å². The number of carbonyl (C=O) groups excluding carboxylic acids is 1. The average Bonchev–Trinajstić information content (AvgIpc) is 3.21. The first kappa shape index (κ1) is 14.4. The predicted octanol–water partition coefficient (Wildman–Crippen LogP) is 1.42. The summed E-state index contributed by atoms with van der Waals surface area (Å²) in [6.07, 6.45) is 8.21. The molecule has 6 nitrogen and oxygen atoms in total. The standard InChI is InChI=1S/C17H21N5O/c1-21-7-8-22(11-15(21)16-19-5-6-20-16)17(23)14-9-13(14)12-3-2-4-18-10-12/h2-6,10,13-15H,7-9,11H2,1H3,(H,19,20)/t13-,14+,15+/m0/s1. The molecule has 1 N–H and O–H groups in total. The minimum atomic E-state index is 0.125. The van der Waals surface area contributed by atoms with E-state index in [-0.39, 0.29) is 17.9 Å². The lowest BCUT2D eigenvalue weighted by Gasteiger charge is -2.38. The molecule has 1 saturated carbocycles. The third-order valence-electron chi connectivity index (χ3n) is 5.01. The fraction of sp³-hybridized carbons (Fsp3) is 0.471. The Morgan fingerprint density at radius 2 is 2.26 bits per heavy atom. The number of hydrogen-bond acceptors (Lipinski definition) is 4. The van der Waals surface area contributed by atoms with E-state index in [0.29, 0.717) is 12.5 Å². The zero-order valence-electron chi connectivity index (χ0n) is 13.2. The lowest BCUT2D eigenvalue weighted by atomic mass is 10.1. The highest BCUT2D eigenvalue weighted by atomic mass is 16.2. The lowest BCUT2D eigenvalue weighted by Crippen LogP contribution is -2.49. The zero-order valence-corrected chi connectivity index (χ0v) is 13.2. The van der Waals surface area contributed by atoms with Crippen molar-refractivity contribution in [3.8, 4) is 0 Å². The van der Waals surface area contributed by atoms with Gasteiger partial charge in [0, 0.05) is 50.3 Å². The first-order valence-electron chi connectivity index (χ1n) is 8.12. The van der Waals surface area contributed by atoms with Crippen LogP contribution in [0, 0.1) is 5.92 Å². The number of piperazine rings is 1. The van der Waals surface area contributed by atoms with Crippen LogP contribution in [0.5, 0.6) is 0 Å². The molecule has 0 unspecified atom stereocenters. The SMILES string of the molecule is CN1CCN(C(=O)[C@@H]2C[C@H]2c2cccnc2)C[C@@H]1c1ncc[nH]1. The van der Waals surface area contributed by atoms with Gasteiger partial charge in [0.1, 0.15) is 5.82 Å². The number of aromatic nitrogens is 3. The summed E-state index contributed by atoms with van der Waals surface area (Å²) in [4.78, 5) is 28.8. The maximum Gasteiger partial charge on any atom is 0.226 e. The molecule has 1 saturated heterocycles. The number of pyridine rings is 1. The number of H-pyrrole nitrogens is 1. The number of aromatic amines is 1. The van der Waals surface area contributed by atoms with Crippen molar-refractivity contribution >= 4 is 5.91 Å². The molecule has 0 spiro atoms. The normalized spacial score (nSPS) is 27.9. The van der Waals surface area contributed by atoms with Crippen molar-refractivity contribution in [3.05, 3.63) is 48.3 Å². The number of imidazole rings is 1. The van der Waals surface area contributed by atoms with E-state index in [0.717, 1.165) is 25.3 Å². The van der Waals surface area contributed by atoms with Crippen molar-refractivity contribution in [2.24, 2.45) is 5.92 Å². The number of hydrogen-bond donors (Lipinski definition) is 1. The summed E-state index contributed by atoms with van der Waals surface area (Å²) >= 11 is 0. The molecule has 1 amide bonds. The van der Waals surface area contributed by atoms with Gasteiger partial charge in [-0.2, -0.15) is 0 Å². The van der Waals surface area contributed by atoms with Crippen LogP contribution in [0.15, 0.2) is 36.9 Å². The maximum atomic E-state index is 12.8. The number of amides is 1. The Balaban J connectivity index is 1.43. The minimum Gasteiger partial charge on any atom is -0.347 e. The molecule has 1 aliphatic heterocycles. The van der Waals surface area contributed by atoms with Gasteiger partial charge in [0.15, 0.2) is 0 Å². The third-order valence-corrected chi connectivity index (χ3v) is 5.01. The molecule has 2 aromatic heterocycles. The van der Waals surface area contributed by atoms with E-state index in [1.54, 1.807) is 12.4 Å². The van der Waals surface area contributed by atoms with Gasteiger partial charge >= 0.3 is 0 Å². The second kappa shape index (κ2) is 5.77. The predicted molar refractivity (Wildman–Crippen MR) is 85.6 cm³/mol. The van der Waals surface area contributed by atoms with Crippen LogP contribution in [-0.4, -0.2) is 57.3 Å². The summed E-state index contributed by atoms with van der Waals surface area (Å²) in [5.74, 6) is 1.69. The smallest absolute Gasteiger partial charge is 0.226 e. The molecule has 2 fully saturated rings. The van der Waals surface area contributed by atoms with Crippen LogP contribution in [0.1, 0.15) is 29.8 Å². The fourth-order valence-electron chi connectivity index (χ4n) is 3.49. The van der Waals surface area contributed by atoms with Crippen molar-refractivity contribution in [1.82, 2.24) is 24.8 Å². The fourth-order valence-corrected chi connectivity index (χ4v) is 3.49. The summed E-state index contributed by atoms with van der Waals surface area (Å²) in [7, 11) is 2.09. The van der Waals surface area contributed by atoms with Crippen LogP contribution < -0.4 is 0 Å². The Hall–Kier alpha value is -2.21. The molecule has 6 heteroatoms. The van der Waals surface area contributed by atoms with E-state index in [2.05, 4.69) is 33.0 Å². The van der Waals surface area contributed by atoms with Crippen LogP contribution in [-0.2, 0) is 4.79 Å². The van der Waals surface area contributed by atoms with E-state index in [1.165, 1.54) is 5.56 Å². The van der Waals surface area contributed by atoms with E-state index >= 15 is 0 Å². The van der Waals surface area contributed by atoms with Crippen molar-refractivity contribution in [2.45, 2.75) is 18.4 Å². The minimum absolute atomic E-state index is 0.125. The van der Waals surface area contributed by atoms with Gasteiger partial charge in [0.2, 0.25) is 5.91 Å². The molecule has 4 rings (SSSR count). The van der Waals surface area contributed by atoms with Crippen molar-refractivity contribution in [2.75, 3.05) is 26.7 Å². The first-order valence-corrected chi connectivity index (χ1v) is 8.12. The van der Waals surface area contributed by atoms with E-state index < -0.39 is 0 Å². The molecule has 2 aromatic rings. The third kappa shape index (κ3) is 2.74. The molecule has 23 heavy (non-hydrogen) atoms. The quantitative estimate of drug-likeness (QED) is 0.931. The Morgan fingerprint density at radius 3 is 3.00 bits per heavy atom. The highest BCUT2D eigenvalue weighted by molar-refractivity contribution is 5.83. The number of likely N-dealkylation sites (N-methyl/N-ethyl adjacent to an activating group) is 1. The van der Waals surface area contributed by atoms with Crippen LogP contribution in [0.2, 0.25) is 0 Å². The Labute approximate surface area is 135 Å². The summed E-state index contributed by atoms with van der Waals surface area (Å²) in [5, 5.41) is 0. The number of rotatable bonds is 3. The van der Waals surface area contributed by atoms with Gasteiger partial charge in [0.05, 0.1) is 6.04 Å². The van der Waals surface area contributed by atoms with E-state index in [4.69, 9.17) is 0 Å². The van der Waals surface area contributed by atoms with Gasteiger partial charge in [-0.05, 0) is 31.0 Å². The topological polar surface area (TPSA) is 65.1 Å². The highest BCUT2D eigenvalue weighted by Crippen LogP contribution is 2.48. The molecule has 3 atom stereocenters. The second-order valence-corrected chi connectivity index (χ2v) is 6.49. The molecule has 0 radical (unpaired) electrons. The van der Waals surface area contributed by atoms with Gasteiger partial charge in [-0.3, -0.25) is 14.7 Å². The van der Waals surface area contributed by atoms with Gasteiger partial charge in [-0.25, -0.2) is 4.98 Å². The molecular weight excluding hydrogens is 290 g/mol. The zero-order chi connectivity index (χ0) is 15.8. The molecule has 0 aromatic carbocycles. The van der Waals surface area contributed by atoms with Crippen molar-refractivity contribution < 1.29 is 4.79 Å². The van der Waals surface area contributed by atoms with Crippen LogP contribution >= 0.6 is 0 Å². The Morgan fingerprint density at radius 1 is 1.35 bits per heavy atom. The molecule has 2 aliphatic rings. The number of nitrogens with one attached hydrogen (secondary N) is 1. The van der Waals surface area contributed by atoms with E-state index in [9.17, 15) is 4.79 Å². The van der Waals surface area contributed by atoms with Gasteiger partial charge in [-0.15, -0.1) is 0 Å². The maximum absolute atomic E-state index is 12.8. The van der Waals surface area contributed by atoms with Crippen LogP contribution in [0.25, 0.3) is 0 Å². The highest BCUT2D eigenvalue weighted by Gasteiger charge is 2.47. The Kier molecular flexibility index (Phi) is 3.61. The summed E-state index contributed by atoms with van der Waals surface area (Å²) in [6.45, 7) is 2.38. The molecule has 0 bridgehead atoms. The van der Waals surface area contributed by atoms with Gasteiger partial charge in [0.25, 0.3) is 0 Å². The number of nitrogens with zero attached hydrogens (tertiary/aromatic N) is 4. The van der Waals surface area contributed by atoms with E-state index in [1.807, 2.05) is 23.4 Å². The van der Waals surface area contributed by atoms with Gasteiger partial charge in [-0.1, -0.05) is 6.07 Å². The van der Waals surface area contributed by atoms with Gasteiger partial charge < -0.3 is 9.88 Å². The monoisotopic (exact) mass is 311 g/mol. The first-order chi connectivity index (χ1) is 11.2. The molecular formula is C17H21N5O. The van der Waals surface area contributed by atoms with Crippen molar-refractivity contribution in [3.63, 3.8) is 0 Å². The number of carbonyl (C=O) groups is 1. The Bertz CT molecular complexity index is 672. The lowest BCUT2D eigenvalue weighted by molar-refractivity contribution is -0.135. The summed E-state index contributed by atoms with van der Waals surface area (Å²) < 4.78 is 0. The molecule has 1 aliphatic carbocycles. The van der Waals surface area contributed by atoms with Crippen LogP contribution in [0.4, 0.5) is 0 Å². The van der Waals surface area contributed by atoms with Crippen LogP contribution in [0.3, 0.4) is 0 Å². The molecule has 120 valence electrons. The summed E-state index contributed by atoms with van der Waals surface area (Å²) in [5.41, 5.74) is 1.18. The average molecular weight is 311 g/mol. The largest absolute Gasteiger partial charge is 0.347 e. The molecule has 3 heterocycles.